The highest BCUT2D eigenvalue weighted by molar-refractivity contribution is 5.93. The zero-order valence-electron chi connectivity index (χ0n) is 14.6. The van der Waals surface area contributed by atoms with Gasteiger partial charge in [0.15, 0.2) is 11.5 Å². The van der Waals surface area contributed by atoms with E-state index in [4.69, 9.17) is 18.9 Å². The molecule has 2 rings (SSSR count). The monoisotopic (exact) mass is 344 g/mol. The zero-order chi connectivity index (χ0) is 18.6. The summed E-state index contributed by atoms with van der Waals surface area (Å²) in [5, 5.41) is 9.34. The van der Waals surface area contributed by atoms with E-state index in [0.29, 0.717) is 28.4 Å². The van der Waals surface area contributed by atoms with Crippen molar-refractivity contribution in [2.45, 2.75) is 0 Å². The van der Waals surface area contributed by atoms with Crippen molar-refractivity contribution in [2.24, 2.45) is 0 Å². The van der Waals surface area contributed by atoms with Crippen LogP contribution >= 0.6 is 0 Å². The summed E-state index contributed by atoms with van der Waals surface area (Å²) in [6.45, 7) is 4.07. The normalized spacial score (nSPS) is 10.1. The Labute approximate surface area is 146 Å². The summed E-state index contributed by atoms with van der Waals surface area (Å²) < 4.78 is 21.1. The van der Waals surface area contributed by atoms with Gasteiger partial charge >= 0.3 is 5.97 Å². The van der Waals surface area contributed by atoms with Gasteiger partial charge in [-0.3, -0.25) is 0 Å². The van der Waals surface area contributed by atoms with Gasteiger partial charge in [-0.25, -0.2) is 4.79 Å². The number of carboxylic acids is 1. The minimum atomic E-state index is -1.07. The van der Waals surface area contributed by atoms with E-state index in [0.717, 1.165) is 5.56 Å². The molecule has 0 atom stereocenters. The van der Waals surface area contributed by atoms with Crippen molar-refractivity contribution in [1.82, 2.24) is 0 Å². The molecule has 0 aliphatic carbocycles. The maximum Gasteiger partial charge on any atom is 0.339 e. The molecule has 0 saturated carbocycles. The number of rotatable bonds is 7. The predicted molar refractivity (Wildman–Crippen MR) is 94.2 cm³/mol. The average Bonchev–Trinajstić information content (AvgIpc) is 2.65. The molecule has 6 nitrogen and oxygen atoms in total. The molecule has 0 unspecified atom stereocenters. The second-order valence-corrected chi connectivity index (χ2v) is 5.11. The van der Waals surface area contributed by atoms with E-state index in [2.05, 4.69) is 6.58 Å². The first-order valence-corrected chi connectivity index (χ1v) is 7.37. The Balaban J connectivity index is 2.54. The van der Waals surface area contributed by atoms with Crippen LogP contribution in [0.3, 0.4) is 0 Å². The van der Waals surface area contributed by atoms with Crippen LogP contribution in [0.25, 0.3) is 5.57 Å². The minimum Gasteiger partial charge on any atom is -0.496 e. The van der Waals surface area contributed by atoms with E-state index in [1.54, 1.807) is 24.3 Å². The summed E-state index contributed by atoms with van der Waals surface area (Å²) in [7, 11) is 6.01. The van der Waals surface area contributed by atoms with E-state index in [-0.39, 0.29) is 11.3 Å². The van der Waals surface area contributed by atoms with Gasteiger partial charge in [-0.05, 0) is 41.0 Å². The second kappa shape index (κ2) is 7.61. The fourth-order valence-electron chi connectivity index (χ4n) is 2.48. The van der Waals surface area contributed by atoms with Crippen LogP contribution in [0, 0.1) is 0 Å². The highest BCUT2D eigenvalue weighted by Crippen LogP contribution is 2.41. The van der Waals surface area contributed by atoms with Crippen LogP contribution in [0.4, 0.5) is 0 Å². The molecule has 2 aromatic carbocycles. The molecule has 1 N–H and O–H groups in total. The van der Waals surface area contributed by atoms with Crippen molar-refractivity contribution >= 4 is 11.5 Å². The van der Waals surface area contributed by atoms with Crippen molar-refractivity contribution < 1.29 is 28.8 Å². The summed E-state index contributed by atoms with van der Waals surface area (Å²) in [5.74, 6) is 0.669. The summed E-state index contributed by atoms with van der Waals surface area (Å²) in [5.41, 5.74) is 2.04. The lowest BCUT2D eigenvalue weighted by molar-refractivity contribution is 0.0693. The molecule has 0 radical (unpaired) electrons. The van der Waals surface area contributed by atoms with Gasteiger partial charge in [-0.1, -0.05) is 12.6 Å². The Hall–Kier alpha value is -3.15. The van der Waals surface area contributed by atoms with Crippen LogP contribution in [0.1, 0.15) is 21.5 Å². The van der Waals surface area contributed by atoms with E-state index < -0.39 is 5.97 Å². The number of carboxylic acid groups (broad SMARTS) is 1. The fraction of sp³-hybridized carbons (Fsp3) is 0.211. The molecule has 0 aliphatic rings. The van der Waals surface area contributed by atoms with Crippen LogP contribution in [0.5, 0.6) is 23.0 Å². The van der Waals surface area contributed by atoms with E-state index >= 15 is 0 Å². The third kappa shape index (κ3) is 3.52. The van der Waals surface area contributed by atoms with E-state index in [1.165, 1.54) is 34.5 Å². The van der Waals surface area contributed by atoms with Crippen molar-refractivity contribution in [3.8, 4) is 23.0 Å². The Morgan fingerprint density at radius 2 is 1.40 bits per heavy atom. The maximum absolute atomic E-state index is 11.4. The lowest BCUT2D eigenvalue weighted by Gasteiger charge is -2.16. The van der Waals surface area contributed by atoms with Crippen molar-refractivity contribution in [3.05, 3.63) is 53.6 Å². The first-order chi connectivity index (χ1) is 12.0. The first kappa shape index (κ1) is 18.2. The fourth-order valence-corrected chi connectivity index (χ4v) is 2.48. The van der Waals surface area contributed by atoms with Crippen molar-refractivity contribution in [2.75, 3.05) is 28.4 Å². The van der Waals surface area contributed by atoms with Crippen LogP contribution in [-0.2, 0) is 0 Å². The van der Waals surface area contributed by atoms with Gasteiger partial charge < -0.3 is 24.1 Å². The number of ether oxygens (including phenoxy) is 4. The molecule has 25 heavy (non-hydrogen) atoms. The Kier molecular flexibility index (Phi) is 5.54. The number of carbonyl (C=O) groups is 1. The largest absolute Gasteiger partial charge is 0.496 e. The first-order valence-electron chi connectivity index (χ1n) is 7.37. The molecule has 0 amide bonds. The third-order valence-corrected chi connectivity index (χ3v) is 3.79. The number of methoxy groups -OCH3 is 4. The quantitative estimate of drug-likeness (QED) is 0.829. The number of benzene rings is 2. The summed E-state index contributed by atoms with van der Waals surface area (Å²) in [6.07, 6.45) is 0. The van der Waals surface area contributed by atoms with Crippen LogP contribution in [0.15, 0.2) is 36.9 Å². The van der Waals surface area contributed by atoms with Gasteiger partial charge in [0, 0.05) is 0 Å². The average molecular weight is 344 g/mol. The predicted octanol–water partition coefficient (Wildman–Crippen LogP) is 3.48. The van der Waals surface area contributed by atoms with Gasteiger partial charge in [-0.15, -0.1) is 0 Å². The van der Waals surface area contributed by atoms with Crippen LogP contribution < -0.4 is 18.9 Å². The van der Waals surface area contributed by atoms with Gasteiger partial charge in [-0.2, -0.15) is 0 Å². The molecule has 0 saturated heterocycles. The smallest absolute Gasteiger partial charge is 0.339 e. The maximum atomic E-state index is 11.4. The molecule has 0 bridgehead atoms. The van der Waals surface area contributed by atoms with Crippen molar-refractivity contribution in [3.63, 3.8) is 0 Å². The van der Waals surface area contributed by atoms with Gasteiger partial charge in [0.1, 0.15) is 11.3 Å². The summed E-state index contributed by atoms with van der Waals surface area (Å²) in [6, 6.07) is 8.38. The molecule has 2 aromatic rings. The molecule has 132 valence electrons. The molecule has 0 fully saturated rings. The van der Waals surface area contributed by atoms with Crippen LogP contribution in [-0.4, -0.2) is 39.5 Å². The minimum absolute atomic E-state index is 0.0635. The molecule has 0 aromatic heterocycles. The number of aromatic carboxylic acids is 1. The van der Waals surface area contributed by atoms with Gasteiger partial charge in [0.2, 0.25) is 5.75 Å². The Bertz CT molecular complexity index is 785. The van der Waals surface area contributed by atoms with E-state index in [9.17, 15) is 9.90 Å². The topological polar surface area (TPSA) is 74.2 Å². The molecular weight excluding hydrogens is 324 g/mol. The van der Waals surface area contributed by atoms with Gasteiger partial charge in [0.05, 0.1) is 28.4 Å². The highest BCUT2D eigenvalue weighted by atomic mass is 16.5. The molecule has 6 heteroatoms. The number of hydrogen-bond acceptors (Lipinski definition) is 5. The molecule has 0 heterocycles. The SMILES string of the molecule is C=C(c1cc(OC)c(OC)c(OC)c1)c1ccc(OC)c(C(=O)O)c1. The summed E-state index contributed by atoms with van der Waals surface area (Å²) in [4.78, 5) is 11.4. The Morgan fingerprint density at radius 1 is 0.840 bits per heavy atom. The van der Waals surface area contributed by atoms with E-state index in [1.807, 2.05) is 0 Å². The number of hydrogen-bond donors (Lipinski definition) is 1. The van der Waals surface area contributed by atoms with Gasteiger partial charge in [0.25, 0.3) is 0 Å². The lowest BCUT2D eigenvalue weighted by Crippen LogP contribution is -2.02. The summed E-state index contributed by atoms with van der Waals surface area (Å²) >= 11 is 0. The zero-order valence-corrected chi connectivity index (χ0v) is 14.6. The third-order valence-electron chi connectivity index (χ3n) is 3.79. The van der Waals surface area contributed by atoms with Crippen LogP contribution in [0.2, 0.25) is 0 Å². The standard InChI is InChI=1S/C19H20O6/c1-11(12-6-7-15(22-2)14(8-12)19(20)21)13-9-16(23-3)18(25-5)17(10-13)24-4/h6-10H,1H2,2-5H3,(H,20,21). The molecule has 0 aliphatic heterocycles. The van der Waals surface area contributed by atoms with Crippen molar-refractivity contribution in [1.29, 1.82) is 0 Å². The highest BCUT2D eigenvalue weighted by Gasteiger charge is 2.17. The molecule has 0 spiro atoms. The molecular formula is C19H20O6. The second-order valence-electron chi connectivity index (χ2n) is 5.11. The lowest BCUT2D eigenvalue weighted by atomic mass is 9.97. The Morgan fingerprint density at radius 3 is 1.84 bits per heavy atom.